The first-order valence-electron chi connectivity index (χ1n) is 7.97. The number of benzene rings is 1. The molecule has 1 atom stereocenters. The van der Waals surface area contributed by atoms with Crippen LogP contribution in [0.5, 0.6) is 11.5 Å². The highest BCUT2D eigenvalue weighted by atomic mass is 16.7. The molecular weight excluding hydrogens is 266 g/mol. The van der Waals surface area contributed by atoms with Crippen molar-refractivity contribution in [1.29, 1.82) is 0 Å². The Morgan fingerprint density at radius 1 is 1.24 bits per heavy atom. The average Bonchev–Trinajstić information content (AvgIpc) is 3.18. The van der Waals surface area contributed by atoms with Gasteiger partial charge < -0.3 is 9.47 Å². The second kappa shape index (κ2) is 6.48. The van der Waals surface area contributed by atoms with E-state index in [1.54, 1.807) is 0 Å². The summed E-state index contributed by atoms with van der Waals surface area (Å²) in [6.45, 7) is 4.51. The van der Waals surface area contributed by atoms with E-state index in [9.17, 15) is 4.79 Å². The van der Waals surface area contributed by atoms with E-state index in [1.807, 2.05) is 18.2 Å². The van der Waals surface area contributed by atoms with Crippen molar-refractivity contribution in [2.45, 2.75) is 45.1 Å². The zero-order valence-electron chi connectivity index (χ0n) is 12.6. The van der Waals surface area contributed by atoms with Gasteiger partial charge in [-0.3, -0.25) is 9.69 Å². The molecule has 21 heavy (non-hydrogen) atoms. The molecule has 0 bridgehead atoms. The molecule has 0 aliphatic carbocycles. The number of nitrogens with zero attached hydrogens (tertiary/aromatic N) is 1. The highest BCUT2D eigenvalue weighted by Crippen LogP contribution is 2.33. The fourth-order valence-electron chi connectivity index (χ4n) is 3.17. The molecule has 1 aromatic rings. The topological polar surface area (TPSA) is 38.8 Å². The van der Waals surface area contributed by atoms with Crippen molar-refractivity contribution in [1.82, 2.24) is 4.90 Å². The summed E-state index contributed by atoms with van der Waals surface area (Å²) < 4.78 is 10.7. The number of hydrogen-bond donors (Lipinski definition) is 0. The summed E-state index contributed by atoms with van der Waals surface area (Å²) >= 11 is 0. The zero-order chi connectivity index (χ0) is 14.7. The molecule has 0 N–H and O–H groups in total. The van der Waals surface area contributed by atoms with Crippen molar-refractivity contribution in [3.05, 3.63) is 23.8 Å². The minimum absolute atomic E-state index is 0.0211. The molecule has 2 heterocycles. The molecule has 1 fully saturated rings. The number of Topliss-reactive ketones (excluding diaryl/α,β-unsaturated/α-hetero) is 1. The summed E-state index contributed by atoms with van der Waals surface area (Å²) in [5.41, 5.74) is 0.743. The fraction of sp³-hybridized carbons (Fsp3) is 0.588. The van der Waals surface area contributed by atoms with Crippen molar-refractivity contribution >= 4 is 5.78 Å². The Morgan fingerprint density at radius 2 is 2.00 bits per heavy atom. The molecule has 0 aromatic heterocycles. The summed E-state index contributed by atoms with van der Waals surface area (Å²) in [5.74, 6) is 1.65. The number of ketones is 1. The van der Waals surface area contributed by atoms with Crippen LogP contribution < -0.4 is 9.47 Å². The molecule has 2 aliphatic rings. The van der Waals surface area contributed by atoms with Crippen molar-refractivity contribution in [2.75, 3.05) is 19.9 Å². The molecule has 114 valence electrons. The van der Waals surface area contributed by atoms with E-state index in [0.717, 1.165) is 43.7 Å². The molecule has 0 spiro atoms. The third kappa shape index (κ3) is 3.05. The van der Waals surface area contributed by atoms with Crippen LogP contribution in [0.1, 0.15) is 49.4 Å². The molecular formula is C17H23NO3. The maximum Gasteiger partial charge on any atom is 0.231 e. The zero-order valence-corrected chi connectivity index (χ0v) is 12.6. The number of rotatable bonds is 6. The molecule has 4 nitrogen and oxygen atoms in total. The maximum atomic E-state index is 12.9. The molecule has 0 unspecified atom stereocenters. The fourth-order valence-corrected chi connectivity index (χ4v) is 3.17. The lowest BCUT2D eigenvalue weighted by molar-refractivity contribution is 0.0835. The third-order valence-corrected chi connectivity index (χ3v) is 4.37. The minimum atomic E-state index is 0.0211. The van der Waals surface area contributed by atoms with Crippen LogP contribution >= 0.6 is 0 Å². The SMILES string of the molecule is CCCC[C@H](C(=O)c1ccc2c(c1)OCO2)N1CCCC1. The van der Waals surface area contributed by atoms with Crippen molar-refractivity contribution in [3.8, 4) is 11.5 Å². The second-order valence-corrected chi connectivity index (χ2v) is 5.83. The Kier molecular flexibility index (Phi) is 4.44. The third-order valence-electron chi connectivity index (χ3n) is 4.37. The molecule has 4 heteroatoms. The van der Waals surface area contributed by atoms with E-state index in [4.69, 9.17) is 9.47 Å². The molecule has 0 amide bonds. The number of carbonyl (C=O) groups is 1. The lowest BCUT2D eigenvalue weighted by Gasteiger charge is -2.26. The lowest BCUT2D eigenvalue weighted by Crippen LogP contribution is -2.39. The van der Waals surface area contributed by atoms with Crippen LogP contribution in [0.2, 0.25) is 0 Å². The van der Waals surface area contributed by atoms with Gasteiger partial charge in [-0.15, -0.1) is 0 Å². The monoisotopic (exact) mass is 289 g/mol. The Balaban J connectivity index is 1.79. The van der Waals surface area contributed by atoms with Gasteiger partial charge in [0.2, 0.25) is 6.79 Å². The second-order valence-electron chi connectivity index (χ2n) is 5.83. The van der Waals surface area contributed by atoms with Gasteiger partial charge in [-0.2, -0.15) is 0 Å². The number of unbranched alkanes of at least 4 members (excludes halogenated alkanes) is 1. The van der Waals surface area contributed by atoms with E-state index in [1.165, 1.54) is 12.8 Å². The number of likely N-dealkylation sites (tertiary alicyclic amines) is 1. The van der Waals surface area contributed by atoms with Crippen LogP contribution in [0, 0.1) is 0 Å². The van der Waals surface area contributed by atoms with Crippen LogP contribution in [0.3, 0.4) is 0 Å². The van der Waals surface area contributed by atoms with Gasteiger partial charge in [-0.05, 0) is 50.6 Å². The summed E-state index contributed by atoms with van der Waals surface area (Å²) in [5, 5.41) is 0. The highest BCUT2D eigenvalue weighted by Gasteiger charge is 2.29. The van der Waals surface area contributed by atoms with E-state index in [-0.39, 0.29) is 18.6 Å². The summed E-state index contributed by atoms with van der Waals surface area (Å²) in [7, 11) is 0. The molecule has 1 saturated heterocycles. The quantitative estimate of drug-likeness (QED) is 0.754. The van der Waals surface area contributed by atoms with Crippen LogP contribution in [-0.2, 0) is 0 Å². The van der Waals surface area contributed by atoms with Gasteiger partial charge in [-0.1, -0.05) is 19.8 Å². The summed E-state index contributed by atoms with van der Waals surface area (Å²) in [4.78, 5) is 15.2. The first kappa shape index (κ1) is 14.4. The van der Waals surface area contributed by atoms with Crippen LogP contribution in [0.15, 0.2) is 18.2 Å². The lowest BCUT2D eigenvalue weighted by atomic mass is 9.98. The number of hydrogen-bond acceptors (Lipinski definition) is 4. The van der Waals surface area contributed by atoms with Crippen molar-refractivity contribution < 1.29 is 14.3 Å². The Labute approximate surface area is 126 Å². The van der Waals surface area contributed by atoms with Crippen molar-refractivity contribution in [2.24, 2.45) is 0 Å². The van der Waals surface area contributed by atoms with Crippen LogP contribution in [0.4, 0.5) is 0 Å². The standard InChI is InChI=1S/C17H23NO3/c1-2-3-6-14(18-9-4-5-10-18)17(19)13-7-8-15-16(11-13)21-12-20-15/h7-8,11,14H,2-6,9-10,12H2,1H3/t14-/m1/s1. The van der Waals surface area contributed by atoms with Gasteiger partial charge in [0.15, 0.2) is 17.3 Å². The van der Waals surface area contributed by atoms with E-state index >= 15 is 0 Å². The number of ether oxygens (including phenoxy) is 2. The number of fused-ring (bicyclic) bond motifs is 1. The largest absolute Gasteiger partial charge is 0.454 e. The predicted octanol–water partition coefficient (Wildman–Crippen LogP) is 3.25. The first-order chi connectivity index (χ1) is 10.3. The van der Waals surface area contributed by atoms with E-state index < -0.39 is 0 Å². The van der Waals surface area contributed by atoms with Gasteiger partial charge in [0.05, 0.1) is 6.04 Å². The van der Waals surface area contributed by atoms with Gasteiger partial charge in [0, 0.05) is 5.56 Å². The van der Waals surface area contributed by atoms with Gasteiger partial charge in [0.25, 0.3) is 0 Å². The molecule has 0 saturated carbocycles. The van der Waals surface area contributed by atoms with E-state index in [0.29, 0.717) is 5.75 Å². The van der Waals surface area contributed by atoms with Crippen LogP contribution in [-0.4, -0.2) is 36.6 Å². The highest BCUT2D eigenvalue weighted by molar-refractivity contribution is 6.00. The number of carbonyl (C=O) groups excluding carboxylic acids is 1. The Hall–Kier alpha value is -1.55. The van der Waals surface area contributed by atoms with E-state index in [2.05, 4.69) is 11.8 Å². The van der Waals surface area contributed by atoms with Crippen molar-refractivity contribution in [3.63, 3.8) is 0 Å². The minimum Gasteiger partial charge on any atom is -0.454 e. The van der Waals surface area contributed by atoms with Crippen LogP contribution in [0.25, 0.3) is 0 Å². The van der Waals surface area contributed by atoms with Gasteiger partial charge >= 0.3 is 0 Å². The molecule has 0 radical (unpaired) electrons. The van der Waals surface area contributed by atoms with Gasteiger partial charge in [-0.25, -0.2) is 0 Å². The smallest absolute Gasteiger partial charge is 0.231 e. The Bertz CT molecular complexity index is 509. The Morgan fingerprint density at radius 3 is 2.76 bits per heavy atom. The molecule has 1 aromatic carbocycles. The average molecular weight is 289 g/mol. The summed E-state index contributed by atoms with van der Waals surface area (Å²) in [6.07, 6.45) is 5.58. The maximum absolute atomic E-state index is 12.9. The molecule has 3 rings (SSSR count). The molecule has 2 aliphatic heterocycles. The normalized spacial score (nSPS) is 18.9. The summed E-state index contributed by atoms with van der Waals surface area (Å²) in [6, 6.07) is 5.56. The predicted molar refractivity (Wildman–Crippen MR) is 81.0 cm³/mol. The first-order valence-corrected chi connectivity index (χ1v) is 7.97. The van der Waals surface area contributed by atoms with Gasteiger partial charge in [0.1, 0.15) is 0 Å².